The number of aryl methyl sites for hydroxylation is 6. The maximum Gasteiger partial charge on any atom is 0.0520 e. The summed E-state index contributed by atoms with van der Waals surface area (Å²) in [5.41, 5.74) is 25.3. The van der Waals surface area contributed by atoms with Gasteiger partial charge >= 0.3 is 0 Å². The molecule has 0 bridgehead atoms. The van der Waals surface area contributed by atoms with E-state index >= 15 is 0 Å². The lowest BCUT2D eigenvalue weighted by molar-refractivity contribution is 0.439. The summed E-state index contributed by atoms with van der Waals surface area (Å²) in [4.78, 5) is 5.15. The number of hydrogen-bond donors (Lipinski definition) is 0. The molecule has 0 aromatic heterocycles. The molecular weight excluding hydrogens is 737 g/mol. The van der Waals surface area contributed by atoms with Crippen LogP contribution < -0.4 is 9.80 Å². The van der Waals surface area contributed by atoms with E-state index < -0.39 is 0 Å². The summed E-state index contributed by atoms with van der Waals surface area (Å²) in [6.07, 6.45) is 7.88. The first-order valence-corrected chi connectivity index (χ1v) is 23.2. The molecule has 4 aliphatic carbocycles. The Bertz CT molecular complexity index is 2500. The Morgan fingerprint density at radius 3 is 1.05 bits per heavy atom. The van der Waals surface area contributed by atoms with Crippen LogP contribution in [0.4, 0.5) is 34.1 Å². The van der Waals surface area contributed by atoms with Crippen molar-refractivity contribution in [3.8, 4) is 11.1 Å². The molecule has 4 aliphatic rings. The topological polar surface area (TPSA) is 6.48 Å². The van der Waals surface area contributed by atoms with Crippen molar-refractivity contribution in [3.63, 3.8) is 0 Å². The molecule has 3 saturated carbocycles. The maximum absolute atomic E-state index is 2.66. The van der Waals surface area contributed by atoms with Gasteiger partial charge in [-0.25, -0.2) is 0 Å². The summed E-state index contributed by atoms with van der Waals surface area (Å²) in [5.74, 6) is 0. The largest absolute Gasteiger partial charge is 0.310 e. The highest BCUT2D eigenvalue weighted by Crippen LogP contribution is 2.93. The predicted octanol–water partition coefficient (Wildman–Crippen LogP) is 16.6. The second kappa shape index (κ2) is 13.5. The molecule has 0 unspecified atom stereocenters. The lowest BCUT2D eigenvalue weighted by Gasteiger charge is -2.38. The van der Waals surface area contributed by atoms with Gasteiger partial charge in [-0.15, -0.1) is 0 Å². The third-order valence-electron chi connectivity index (χ3n) is 16.1. The molecule has 2 heteroatoms. The third kappa shape index (κ3) is 5.59. The van der Waals surface area contributed by atoms with Gasteiger partial charge < -0.3 is 9.80 Å². The first-order valence-electron chi connectivity index (χ1n) is 23.2. The molecule has 0 saturated heterocycles. The van der Waals surface area contributed by atoms with E-state index in [0.717, 1.165) is 0 Å². The van der Waals surface area contributed by atoms with E-state index in [9.17, 15) is 0 Å². The first-order chi connectivity index (χ1) is 28.9. The van der Waals surface area contributed by atoms with Gasteiger partial charge in [-0.2, -0.15) is 0 Å². The molecule has 0 amide bonds. The van der Waals surface area contributed by atoms with Crippen LogP contribution in [0.15, 0.2) is 109 Å². The molecule has 3 fully saturated rings. The summed E-state index contributed by atoms with van der Waals surface area (Å²) in [7, 11) is 0. The Balaban J connectivity index is 1.18. The van der Waals surface area contributed by atoms with E-state index in [1.165, 1.54) is 128 Å². The molecule has 2 atom stereocenters. The van der Waals surface area contributed by atoms with Crippen LogP contribution in [0.5, 0.6) is 0 Å². The fourth-order valence-electron chi connectivity index (χ4n) is 13.5. The van der Waals surface area contributed by atoms with Crippen LogP contribution in [0, 0.1) is 47.0 Å². The van der Waals surface area contributed by atoms with Crippen molar-refractivity contribution in [2.75, 3.05) is 9.80 Å². The number of rotatable bonds is 6. The van der Waals surface area contributed by atoms with Crippen LogP contribution >= 0.6 is 0 Å². The summed E-state index contributed by atoms with van der Waals surface area (Å²) in [6, 6.07) is 43.3. The van der Waals surface area contributed by atoms with E-state index in [0.29, 0.717) is 5.41 Å². The van der Waals surface area contributed by atoms with Crippen LogP contribution in [0.3, 0.4) is 0 Å². The molecule has 0 N–H and O–H groups in total. The van der Waals surface area contributed by atoms with Crippen LogP contribution in [0.2, 0.25) is 0 Å². The normalized spacial score (nSPS) is 22.2. The van der Waals surface area contributed by atoms with Gasteiger partial charge in [0.2, 0.25) is 0 Å². The molecule has 0 heterocycles. The minimum atomic E-state index is 0.0849. The summed E-state index contributed by atoms with van der Waals surface area (Å²) >= 11 is 0. The smallest absolute Gasteiger partial charge is 0.0520 e. The predicted molar refractivity (Wildman–Crippen MR) is 261 cm³/mol. The standard InChI is InChI=1S/C59H66N2/c1-37-15-19-45(20-16-37)60(53-39(3)31-43(32-40(53)4)55(7,8)9)47-23-25-49-50-26-24-48(36-52(50)59-30-14-28-57(59)27-13-29-58(57,59)51(49)35-47)61(46-21-17-38(2)18-22-46)54-41(5)33-44(34-42(54)6)56(10,11)12/h15-26,31-36H,13-14,27-30H2,1-12H3/t57?,58-,59-/m0/s1. The quantitative estimate of drug-likeness (QED) is 0.165. The van der Waals surface area contributed by atoms with Gasteiger partial charge in [0, 0.05) is 33.6 Å². The van der Waals surface area contributed by atoms with Crippen LogP contribution in [0.25, 0.3) is 11.1 Å². The van der Waals surface area contributed by atoms with Crippen molar-refractivity contribution >= 4 is 34.1 Å². The highest BCUT2D eigenvalue weighted by molar-refractivity contribution is 5.91. The number of anilines is 6. The molecule has 0 radical (unpaired) electrons. The average molecular weight is 803 g/mol. The molecule has 312 valence electrons. The van der Waals surface area contributed by atoms with Crippen molar-refractivity contribution in [2.24, 2.45) is 5.41 Å². The minimum Gasteiger partial charge on any atom is -0.310 e. The Morgan fingerprint density at radius 1 is 0.393 bits per heavy atom. The molecular formula is C59H66N2. The van der Waals surface area contributed by atoms with Crippen LogP contribution in [-0.2, 0) is 21.7 Å². The van der Waals surface area contributed by atoms with Crippen LogP contribution in [-0.4, -0.2) is 0 Å². The molecule has 6 aromatic rings. The SMILES string of the molecule is Cc1ccc(N(c2ccc3c(c2)[C@@]24CCCC25CCC[C@]54c2cc(N(c4ccc(C)cc4)c4c(C)cc(C(C)(C)C)cc4C)ccc2-3)c2c(C)cc(C(C)(C)C)cc2C)cc1. The van der Waals surface area contributed by atoms with Crippen molar-refractivity contribution in [2.45, 2.75) is 143 Å². The van der Waals surface area contributed by atoms with Gasteiger partial charge in [0.05, 0.1) is 11.4 Å². The Kier molecular flexibility index (Phi) is 8.83. The maximum atomic E-state index is 2.66. The third-order valence-corrected chi connectivity index (χ3v) is 16.1. The zero-order valence-corrected chi connectivity index (χ0v) is 39.0. The van der Waals surface area contributed by atoms with Gasteiger partial charge in [0.1, 0.15) is 0 Å². The number of nitrogens with zero attached hydrogens (tertiary/aromatic N) is 2. The molecule has 2 nitrogen and oxygen atoms in total. The second-order valence-electron chi connectivity index (χ2n) is 21.8. The number of hydrogen-bond acceptors (Lipinski definition) is 2. The summed E-state index contributed by atoms with van der Waals surface area (Å²) in [5, 5.41) is 0. The van der Waals surface area contributed by atoms with E-state index in [1.807, 2.05) is 0 Å². The summed E-state index contributed by atoms with van der Waals surface area (Å²) < 4.78 is 0. The minimum absolute atomic E-state index is 0.0849. The monoisotopic (exact) mass is 803 g/mol. The lowest BCUT2D eigenvalue weighted by Crippen LogP contribution is -2.28. The molecule has 6 aromatic carbocycles. The Labute approximate surface area is 367 Å². The number of fused-ring (bicyclic) bond motifs is 3. The second-order valence-corrected chi connectivity index (χ2v) is 21.8. The first kappa shape index (κ1) is 40.0. The van der Waals surface area contributed by atoms with Crippen molar-refractivity contribution < 1.29 is 0 Å². The van der Waals surface area contributed by atoms with Crippen molar-refractivity contribution in [3.05, 3.63) is 165 Å². The van der Waals surface area contributed by atoms with Gasteiger partial charge in [-0.1, -0.05) is 126 Å². The van der Waals surface area contributed by atoms with E-state index in [4.69, 9.17) is 0 Å². The van der Waals surface area contributed by atoms with E-state index in [1.54, 1.807) is 11.1 Å². The lowest BCUT2D eigenvalue weighted by atomic mass is 9.68. The fourth-order valence-corrected chi connectivity index (χ4v) is 13.5. The van der Waals surface area contributed by atoms with Gasteiger partial charge in [0.15, 0.2) is 0 Å². The molecule has 3 spiro atoms. The van der Waals surface area contributed by atoms with Crippen LogP contribution in [0.1, 0.15) is 136 Å². The zero-order chi connectivity index (χ0) is 43.0. The average Bonchev–Trinajstić information content (AvgIpc) is 3.50. The fraction of sp³-hybridized carbons (Fsp3) is 0.390. The van der Waals surface area contributed by atoms with Gasteiger partial charge in [-0.05, 0) is 188 Å². The molecule has 10 rings (SSSR count). The molecule has 0 aliphatic heterocycles. The Hall–Kier alpha value is -5.08. The van der Waals surface area contributed by atoms with Crippen molar-refractivity contribution in [1.29, 1.82) is 0 Å². The highest BCUT2D eigenvalue weighted by atomic mass is 15.2. The molecule has 61 heavy (non-hydrogen) atoms. The number of benzene rings is 6. The van der Waals surface area contributed by atoms with E-state index in [2.05, 4.69) is 202 Å². The zero-order valence-electron chi connectivity index (χ0n) is 39.0. The van der Waals surface area contributed by atoms with Crippen molar-refractivity contribution in [1.82, 2.24) is 0 Å². The van der Waals surface area contributed by atoms with E-state index in [-0.39, 0.29) is 21.7 Å². The Morgan fingerprint density at radius 2 is 0.721 bits per heavy atom. The summed E-state index contributed by atoms with van der Waals surface area (Å²) in [6.45, 7) is 27.6. The highest BCUT2D eigenvalue weighted by Gasteiger charge is 2.90. The van der Waals surface area contributed by atoms with Gasteiger partial charge in [0.25, 0.3) is 0 Å². The van der Waals surface area contributed by atoms with Gasteiger partial charge in [-0.3, -0.25) is 0 Å².